The first-order valence-corrected chi connectivity index (χ1v) is 7.59. The molecule has 2 bridgehead atoms. The van der Waals surface area contributed by atoms with Gasteiger partial charge < -0.3 is 4.74 Å². The molecule has 0 N–H and O–H groups in total. The molecule has 3 heteroatoms. The average Bonchev–Trinajstić information content (AvgIpc) is 3.19. The zero-order valence-corrected chi connectivity index (χ0v) is 12.0. The molecule has 0 aromatic heterocycles. The van der Waals surface area contributed by atoms with Crippen LogP contribution in [0.25, 0.3) is 0 Å². The van der Waals surface area contributed by atoms with Crippen molar-refractivity contribution in [3.8, 4) is 0 Å². The maximum atomic E-state index is 12.3. The first kappa shape index (κ1) is 12.8. The number of hydrogen-bond acceptors (Lipinski definition) is 3. The number of benzene rings is 1. The molecule has 1 aromatic rings. The van der Waals surface area contributed by atoms with E-state index in [0.29, 0.717) is 12.3 Å². The molecule has 1 fully saturated rings. The number of Topliss-reactive ketones (excluding diaryl/α,β-unsaturated/α-hetero) is 1. The van der Waals surface area contributed by atoms with Gasteiger partial charge in [0.15, 0.2) is 5.78 Å². The van der Waals surface area contributed by atoms with E-state index in [-0.39, 0.29) is 35.4 Å². The topological polar surface area (TPSA) is 43.4 Å². The zero-order chi connectivity index (χ0) is 14.6. The highest BCUT2D eigenvalue weighted by Crippen LogP contribution is 2.56. The number of rotatable bonds is 2. The number of carbonyl (C=O) groups is 2. The Labute approximate surface area is 124 Å². The van der Waals surface area contributed by atoms with Gasteiger partial charge in [-0.3, -0.25) is 9.59 Å². The van der Waals surface area contributed by atoms with E-state index in [4.69, 9.17) is 4.74 Å². The maximum absolute atomic E-state index is 12.3. The van der Waals surface area contributed by atoms with Crippen LogP contribution in [-0.2, 0) is 9.53 Å². The van der Waals surface area contributed by atoms with Crippen LogP contribution in [0.2, 0.25) is 0 Å². The number of carbonyl (C=O) groups excluding carboxylic acids is 2. The van der Waals surface area contributed by atoms with Crippen LogP contribution in [0, 0.1) is 23.7 Å². The summed E-state index contributed by atoms with van der Waals surface area (Å²) < 4.78 is 5.03. The SMILES string of the molecule is COC(=O)[C@H]1[C@H]([C@@H]2CC(=O)c3ccccc32)[C@H]2C=C[C@@H]1C2. The lowest BCUT2D eigenvalue weighted by Gasteiger charge is -2.31. The molecule has 0 saturated heterocycles. The van der Waals surface area contributed by atoms with Gasteiger partial charge >= 0.3 is 5.97 Å². The fourth-order valence-corrected chi connectivity index (χ4v) is 4.71. The second-order valence-electron chi connectivity index (χ2n) is 6.40. The molecule has 0 heterocycles. The van der Waals surface area contributed by atoms with Gasteiger partial charge in [-0.05, 0) is 35.7 Å². The molecule has 5 atom stereocenters. The van der Waals surface area contributed by atoms with Crippen LogP contribution >= 0.6 is 0 Å². The van der Waals surface area contributed by atoms with E-state index < -0.39 is 0 Å². The van der Waals surface area contributed by atoms with Gasteiger partial charge in [-0.25, -0.2) is 0 Å². The Kier molecular flexibility index (Phi) is 2.78. The van der Waals surface area contributed by atoms with Crippen molar-refractivity contribution >= 4 is 11.8 Å². The summed E-state index contributed by atoms with van der Waals surface area (Å²) in [5, 5.41) is 0. The minimum atomic E-state index is -0.117. The van der Waals surface area contributed by atoms with Gasteiger partial charge in [-0.2, -0.15) is 0 Å². The Hall–Kier alpha value is -1.90. The van der Waals surface area contributed by atoms with Gasteiger partial charge in [-0.1, -0.05) is 36.4 Å². The van der Waals surface area contributed by atoms with E-state index in [1.807, 2.05) is 18.2 Å². The first-order chi connectivity index (χ1) is 10.2. The van der Waals surface area contributed by atoms with Crippen molar-refractivity contribution in [3.63, 3.8) is 0 Å². The van der Waals surface area contributed by atoms with Crippen LogP contribution in [0.1, 0.15) is 34.7 Å². The number of methoxy groups -OCH3 is 1. The summed E-state index contributed by atoms with van der Waals surface area (Å²) in [6.45, 7) is 0. The van der Waals surface area contributed by atoms with Gasteiger partial charge in [-0.15, -0.1) is 0 Å². The van der Waals surface area contributed by atoms with E-state index in [1.54, 1.807) is 0 Å². The lowest BCUT2D eigenvalue weighted by atomic mass is 9.73. The van der Waals surface area contributed by atoms with Crippen LogP contribution in [-0.4, -0.2) is 18.9 Å². The summed E-state index contributed by atoms with van der Waals surface area (Å²) >= 11 is 0. The predicted octanol–water partition coefficient (Wildman–Crippen LogP) is 2.97. The third kappa shape index (κ3) is 1.73. The largest absolute Gasteiger partial charge is 0.469 e. The molecular formula is C18H18O3. The fraction of sp³-hybridized carbons (Fsp3) is 0.444. The number of ether oxygens (including phenoxy) is 1. The third-order valence-corrected chi connectivity index (χ3v) is 5.52. The molecular weight excluding hydrogens is 264 g/mol. The van der Waals surface area contributed by atoms with Gasteiger partial charge in [0.05, 0.1) is 13.0 Å². The number of esters is 1. The molecule has 3 nitrogen and oxygen atoms in total. The molecule has 0 unspecified atom stereocenters. The van der Waals surface area contributed by atoms with Gasteiger partial charge in [0.25, 0.3) is 0 Å². The van der Waals surface area contributed by atoms with Gasteiger partial charge in [0, 0.05) is 12.0 Å². The van der Waals surface area contributed by atoms with E-state index >= 15 is 0 Å². The molecule has 3 aliphatic rings. The van der Waals surface area contributed by atoms with Crippen molar-refractivity contribution in [2.75, 3.05) is 7.11 Å². The van der Waals surface area contributed by atoms with Crippen LogP contribution in [0.5, 0.6) is 0 Å². The number of ketones is 1. The minimum Gasteiger partial charge on any atom is -0.469 e. The van der Waals surface area contributed by atoms with Crippen molar-refractivity contribution in [3.05, 3.63) is 47.5 Å². The van der Waals surface area contributed by atoms with Crippen molar-refractivity contribution in [1.29, 1.82) is 0 Å². The second kappa shape index (κ2) is 4.55. The lowest BCUT2D eigenvalue weighted by Crippen LogP contribution is -2.32. The highest BCUT2D eigenvalue weighted by molar-refractivity contribution is 6.01. The van der Waals surface area contributed by atoms with Crippen molar-refractivity contribution in [2.45, 2.75) is 18.8 Å². The number of fused-ring (bicyclic) bond motifs is 3. The quantitative estimate of drug-likeness (QED) is 0.618. The average molecular weight is 282 g/mol. The van der Waals surface area contributed by atoms with Crippen molar-refractivity contribution in [1.82, 2.24) is 0 Å². The van der Waals surface area contributed by atoms with Crippen molar-refractivity contribution in [2.24, 2.45) is 23.7 Å². The predicted molar refractivity (Wildman–Crippen MR) is 77.9 cm³/mol. The Morgan fingerprint density at radius 2 is 1.95 bits per heavy atom. The number of hydrogen-bond donors (Lipinski definition) is 0. The molecule has 0 radical (unpaired) electrons. The highest BCUT2D eigenvalue weighted by Gasteiger charge is 2.53. The zero-order valence-electron chi connectivity index (χ0n) is 12.0. The van der Waals surface area contributed by atoms with Crippen LogP contribution < -0.4 is 0 Å². The summed E-state index contributed by atoms with van der Waals surface area (Å²) in [7, 11) is 1.46. The number of allylic oxidation sites excluding steroid dienone is 2. The molecule has 1 aromatic carbocycles. The standard InChI is InChI=1S/C18H18O3/c1-21-18(20)17-11-7-6-10(8-11)16(17)14-9-15(19)13-5-3-2-4-12(13)14/h2-7,10-11,14,16-17H,8-9H2,1H3/t10-,11+,14+,16-,17+/m0/s1. The first-order valence-electron chi connectivity index (χ1n) is 7.59. The third-order valence-electron chi connectivity index (χ3n) is 5.52. The molecule has 4 rings (SSSR count). The summed E-state index contributed by atoms with van der Waals surface area (Å²) in [4.78, 5) is 24.5. The van der Waals surface area contributed by atoms with Crippen molar-refractivity contribution < 1.29 is 14.3 Å². The van der Waals surface area contributed by atoms with Crippen LogP contribution in [0.3, 0.4) is 0 Å². The molecule has 21 heavy (non-hydrogen) atoms. The summed E-state index contributed by atoms with van der Waals surface area (Å²) in [6.07, 6.45) is 5.96. The summed E-state index contributed by atoms with van der Waals surface area (Å²) in [6, 6.07) is 7.86. The molecule has 108 valence electrons. The molecule has 3 aliphatic carbocycles. The Morgan fingerprint density at radius 3 is 2.76 bits per heavy atom. The van der Waals surface area contributed by atoms with Crippen LogP contribution in [0.4, 0.5) is 0 Å². The molecule has 0 aliphatic heterocycles. The van der Waals surface area contributed by atoms with Gasteiger partial charge in [0.1, 0.15) is 0 Å². The molecule has 0 amide bonds. The monoisotopic (exact) mass is 282 g/mol. The summed E-state index contributed by atoms with van der Waals surface area (Å²) in [5.74, 6) is 1.07. The van der Waals surface area contributed by atoms with E-state index in [1.165, 1.54) is 7.11 Å². The van der Waals surface area contributed by atoms with E-state index in [2.05, 4.69) is 18.2 Å². The van der Waals surface area contributed by atoms with E-state index in [0.717, 1.165) is 17.5 Å². The molecule has 1 saturated carbocycles. The van der Waals surface area contributed by atoms with Gasteiger partial charge in [0.2, 0.25) is 0 Å². The maximum Gasteiger partial charge on any atom is 0.309 e. The summed E-state index contributed by atoms with van der Waals surface area (Å²) in [5.41, 5.74) is 1.97. The van der Waals surface area contributed by atoms with E-state index in [9.17, 15) is 9.59 Å². The fourth-order valence-electron chi connectivity index (χ4n) is 4.71. The highest BCUT2D eigenvalue weighted by atomic mass is 16.5. The smallest absolute Gasteiger partial charge is 0.309 e. The molecule has 0 spiro atoms. The van der Waals surface area contributed by atoms with Crippen LogP contribution in [0.15, 0.2) is 36.4 Å². The second-order valence-corrected chi connectivity index (χ2v) is 6.40. The Balaban J connectivity index is 1.75. The minimum absolute atomic E-state index is 0.0889. The Morgan fingerprint density at radius 1 is 1.19 bits per heavy atom. The normalized spacial score (nSPS) is 36.0. The Bertz CT molecular complexity index is 646. The lowest BCUT2D eigenvalue weighted by molar-refractivity contribution is -0.148.